The van der Waals surface area contributed by atoms with Crippen molar-refractivity contribution in [2.45, 2.75) is 32.7 Å². The van der Waals surface area contributed by atoms with Crippen molar-refractivity contribution in [2.24, 2.45) is 10.9 Å². The smallest absolute Gasteiger partial charge is 0.193 e. The third kappa shape index (κ3) is 8.11. The highest BCUT2D eigenvalue weighted by atomic mass is 16.5. The van der Waals surface area contributed by atoms with E-state index in [2.05, 4.69) is 17.1 Å². The first-order valence-corrected chi connectivity index (χ1v) is 10.5. The summed E-state index contributed by atoms with van der Waals surface area (Å²) in [5.41, 5.74) is 1.08. The van der Waals surface area contributed by atoms with Crippen molar-refractivity contribution < 1.29 is 18.9 Å². The number of nitrogens with zero attached hydrogens (tertiary/aromatic N) is 2. The first-order chi connectivity index (χ1) is 14.2. The van der Waals surface area contributed by atoms with Crippen molar-refractivity contribution in [2.75, 3.05) is 60.8 Å². The lowest BCUT2D eigenvalue weighted by molar-refractivity contribution is 0.0205. The minimum Gasteiger partial charge on any atom is -0.497 e. The first kappa shape index (κ1) is 23.3. The van der Waals surface area contributed by atoms with Crippen molar-refractivity contribution in [1.29, 1.82) is 0 Å². The van der Waals surface area contributed by atoms with Gasteiger partial charge >= 0.3 is 0 Å². The summed E-state index contributed by atoms with van der Waals surface area (Å²) in [6.07, 6.45) is 3.14. The molecule has 0 unspecified atom stereocenters. The molecule has 1 saturated heterocycles. The predicted molar refractivity (Wildman–Crippen MR) is 116 cm³/mol. The number of hydrogen-bond donors (Lipinski definition) is 1. The first-order valence-electron chi connectivity index (χ1n) is 10.5. The van der Waals surface area contributed by atoms with Gasteiger partial charge in [0.1, 0.15) is 11.5 Å². The molecule has 0 aliphatic carbocycles. The van der Waals surface area contributed by atoms with E-state index >= 15 is 0 Å². The Labute approximate surface area is 175 Å². The quantitative estimate of drug-likeness (QED) is 0.346. The molecule has 0 atom stereocenters. The topological polar surface area (TPSA) is 64.6 Å². The third-order valence-electron chi connectivity index (χ3n) is 5.00. The number of rotatable bonds is 11. The average Bonchev–Trinajstić information content (AvgIpc) is 2.76. The van der Waals surface area contributed by atoms with Gasteiger partial charge in [-0.05, 0) is 44.2 Å². The molecule has 29 heavy (non-hydrogen) atoms. The summed E-state index contributed by atoms with van der Waals surface area (Å²) in [6.45, 7) is 7.66. The molecule has 1 N–H and O–H groups in total. The molecule has 1 aliphatic rings. The largest absolute Gasteiger partial charge is 0.497 e. The molecule has 1 aromatic rings. The van der Waals surface area contributed by atoms with Crippen molar-refractivity contribution in [3.05, 3.63) is 23.8 Å². The van der Waals surface area contributed by atoms with Crippen LogP contribution in [0.3, 0.4) is 0 Å². The van der Waals surface area contributed by atoms with Crippen LogP contribution in [0.1, 0.15) is 31.7 Å². The van der Waals surface area contributed by atoms with Crippen LogP contribution in [-0.4, -0.2) is 71.6 Å². The Bertz CT molecular complexity index is 618. The van der Waals surface area contributed by atoms with Crippen LogP contribution in [-0.2, 0) is 16.0 Å². The van der Waals surface area contributed by atoms with Crippen molar-refractivity contribution in [3.8, 4) is 11.5 Å². The van der Waals surface area contributed by atoms with Crippen LogP contribution in [0.15, 0.2) is 23.2 Å². The maximum absolute atomic E-state index is 5.84. The molecule has 1 aromatic carbocycles. The van der Waals surface area contributed by atoms with E-state index in [9.17, 15) is 0 Å². The Morgan fingerprint density at radius 1 is 1.24 bits per heavy atom. The molecule has 0 radical (unpaired) electrons. The van der Waals surface area contributed by atoms with Gasteiger partial charge in [-0.15, -0.1) is 0 Å². The third-order valence-corrected chi connectivity index (χ3v) is 5.00. The van der Waals surface area contributed by atoms with E-state index in [-0.39, 0.29) is 0 Å². The second-order valence-corrected chi connectivity index (χ2v) is 7.25. The Morgan fingerprint density at radius 3 is 2.72 bits per heavy atom. The summed E-state index contributed by atoms with van der Waals surface area (Å²) in [7, 11) is 5.37. The highest BCUT2D eigenvalue weighted by Crippen LogP contribution is 2.25. The molecule has 0 spiro atoms. The highest BCUT2D eigenvalue weighted by molar-refractivity contribution is 5.79. The molecule has 1 fully saturated rings. The number of aliphatic imine (C=N–C) groups is 1. The molecule has 7 nitrogen and oxygen atoms in total. The highest BCUT2D eigenvalue weighted by Gasteiger charge is 2.14. The van der Waals surface area contributed by atoms with Crippen LogP contribution in [0.2, 0.25) is 0 Å². The van der Waals surface area contributed by atoms with E-state index in [1.807, 2.05) is 25.2 Å². The Hall–Kier alpha value is -1.99. The zero-order valence-corrected chi connectivity index (χ0v) is 18.4. The minimum absolute atomic E-state index is 0.648. The number of guanidine groups is 1. The van der Waals surface area contributed by atoms with Crippen LogP contribution in [0, 0.1) is 5.92 Å². The molecule has 0 aromatic heterocycles. The van der Waals surface area contributed by atoms with E-state index in [0.29, 0.717) is 12.5 Å². The lowest BCUT2D eigenvalue weighted by atomic mass is 10.0. The van der Waals surface area contributed by atoms with Crippen LogP contribution in [0.5, 0.6) is 11.5 Å². The molecule has 0 saturated carbocycles. The second kappa shape index (κ2) is 13.3. The molecular formula is C22H37N3O4. The molecule has 164 valence electrons. The van der Waals surface area contributed by atoms with Gasteiger partial charge in [0.05, 0.1) is 14.2 Å². The van der Waals surface area contributed by atoms with Crippen molar-refractivity contribution >= 4 is 5.96 Å². The standard InChI is InChI=1S/C22H37N3O4/c1-5-23-22(24-11-6-12-29-17-18-9-13-28-14-10-18)25(2)16-19-7-8-20(26-3)15-21(19)27-4/h7-8,15,18H,5-6,9-14,16-17H2,1-4H3,(H,23,24). The Balaban J connectivity index is 1.80. The SMILES string of the molecule is CCNC(=NCCCOCC1CCOCC1)N(C)Cc1ccc(OC)cc1OC. The van der Waals surface area contributed by atoms with Crippen LogP contribution >= 0.6 is 0 Å². The molecule has 0 bridgehead atoms. The van der Waals surface area contributed by atoms with Gasteiger partial charge in [0, 0.05) is 64.7 Å². The number of nitrogens with one attached hydrogen (secondary N) is 1. The lowest BCUT2D eigenvalue weighted by Gasteiger charge is -2.23. The van der Waals surface area contributed by atoms with Gasteiger partial charge in [-0.3, -0.25) is 4.99 Å². The fourth-order valence-electron chi connectivity index (χ4n) is 3.30. The molecule has 7 heteroatoms. The Kier molecular flexibility index (Phi) is 10.7. The summed E-state index contributed by atoms with van der Waals surface area (Å²) in [5.74, 6) is 3.13. The van der Waals surface area contributed by atoms with Crippen molar-refractivity contribution in [3.63, 3.8) is 0 Å². The van der Waals surface area contributed by atoms with Gasteiger partial charge in [-0.25, -0.2) is 0 Å². The minimum atomic E-state index is 0.648. The fraction of sp³-hybridized carbons (Fsp3) is 0.682. The maximum atomic E-state index is 5.84. The zero-order valence-electron chi connectivity index (χ0n) is 18.4. The van der Waals surface area contributed by atoms with E-state index < -0.39 is 0 Å². The lowest BCUT2D eigenvalue weighted by Crippen LogP contribution is -2.38. The van der Waals surface area contributed by atoms with E-state index in [1.54, 1.807) is 14.2 Å². The second-order valence-electron chi connectivity index (χ2n) is 7.25. The summed E-state index contributed by atoms with van der Waals surface area (Å²) >= 11 is 0. The summed E-state index contributed by atoms with van der Waals surface area (Å²) in [4.78, 5) is 6.86. The molecule has 1 heterocycles. The molecular weight excluding hydrogens is 370 g/mol. The summed E-state index contributed by atoms with van der Waals surface area (Å²) < 4.78 is 22.0. The van der Waals surface area contributed by atoms with Crippen LogP contribution in [0.25, 0.3) is 0 Å². The van der Waals surface area contributed by atoms with Gasteiger partial charge in [-0.1, -0.05) is 0 Å². The zero-order chi connectivity index (χ0) is 20.9. The van der Waals surface area contributed by atoms with Gasteiger partial charge < -0.3 is 29.2 Å². The van der Waals surface area contributed by atoms with Gasteiger partial charge in [0.25, 0.3) is 0 Å². The number of hydrogen-bond acceptors (Lipinski definition) is 5. The maximum Gasteiger partial charge on any atom is 0.193 e. The van der Waals surface area contributed by atoms with E-state index in [0.717, 1.165) is 81.8 Å². The van der Waals surface area contributed by atoms with Gasteiger partial charge in [0.15, 0.2) is 5.96 Å². The predicted octanol–water partition coefficient (Wildman–Crippen LogP) is 2.93. The van der Waals surface area contributed by atoms with Crippen molar-refractivity contribution in [1.82, 2.24) is 10.2 Å². The Morgan fingerprint density at radius 2 is 2.03 bits per heavy atom. The molecule has 1 aliphatic heterocycles. The number of ether oxygens (including phenoxy) is 4. The van der Waals surface area contributed by atoms with Crippen LogP contribution < -0.4 is 14.8 Å². The van der Waals surface area contributed by atoms with Gasteiger partial charge in [-0.2, -0.15) is 0 Å². The number of benzene rings is 1. The summed E-state index contributed by atoms with van der Waals surface area (Å²) in [6, 6.07) is 5.89. The normalized spacial score (nSPS) is 15.2. The average molecular weight is 408 g/mol. The molecule has 2 rings (SSSR count). The van der Waals surface area contributed by atoms with E-state index in [1.165, 1.54) is 0 Å². The van der Waals surface area contributed by atoms with Crippen LogP contribution in [0.4, 0.5) is 0 Å². The van der Waals surface area contributed by atoms with E-state index in [4.69, 9.17) is 23.9 Å². The molecule has 0 amide bonds. The van der Waals surface area contributed by atoms with Gasteiger partial charge in [0.2, 0.25) is 0 Å². The summed E-state index contributed by atoms with van der Waals surface area (Å²) in [5, 5.41) is 3.36. The monoisotopic (exact) mass is 407 g/mol. The fourth-order valence-corrected chi connectivity index (χ4v) is 3.30. The number of methoxy groups -OCH3 is 2.